The molecule has 3 rings (SSSR count). The molecule has 2 fully saturated rings. The van der Waals surface area contributed by atoms with E-state index in [1.54, 1.807) is 19.1 Å². The van der Waals surface area contributed by atoms with E-state index in [0.717, 1.165) is 12.8 Å². The Morgan fingerprint density at radius 3 is 2.59 bits per heavy atom. The zero-order valence-corrected chi connectivity index (χ0v) is 19.2. The minimum atomic E-state index is -3.70. The van der Waals surface area contributed by atoms with Crippen LogP contribution in [0.15, 0.2) is 23.1 Å². The van der Waals surface area contributed by atoms with Gasteiger partial charge in [0.05, 0.1) is 11.5 Å². The van der Waals surface area contributed by atoms with Crippen molar-refractivity contribution < 1.29 is 17.9 Å². The molecule has 1 aromatic rings. The Morgan fingerprint density at radius 2 is 2.00 bits per heavy atom. The molecule has 3 atom stereocenters. The lowest BCUT2D eigenvalue weighted by molar-refractivity contribution is 0.0737. The number of sulfonamides is 1. The molecule has 0 heterocycles. The second-order valence-corrected chi connectivity index (χ2v) is 11.6. The summed E-state index contributed by atoms with van der Waals surface area (Å²) in [7, 11) is -0.632. The zero-order valence-electron chi connectivity index (χ0n) is 18.4. The first kappa shape index (κ1) is 22.2. The average Bonchev–Trinajstić information content (AvgIpc) is 3.14. The normalized spacial score (nSPS) is 28.1. The topological polar surface area (TPSA) is 75.7 Å². The predicted octanol–water partition coefficient (Wildman–Crippen LogP) is 3.21. The molecular weight excluding hydrogens is 388 g/mol. The van der Waals surface area contributed by atoms with Gasteiger partial charge >= 0.3 is 0 Å². The van der Waals surface area contributed by atoms with Crippen LogP contribution in [-0.2, 0) is 14.8 Å². The summed E-state index contributed by atoms with van der Waals surface area (Å²) in [4.78, 5) is 13.3. The standard InChI is InChI=1S/C22H34N2O4S/c1-15-7-8-16(13-18(15)29(26,27)24(5)11-12-28-6)19(25)23-20-21(2,3)17-9-10-22(20,4)14-17/h7-8,13,17,20H,9-12,14H2,1-6H3,(H,23,25)/t17-,20?,22+/m1/s1. The van der Waals surface area contributed by atoms with Crippen LogP contribution in [0.4, 0.5) is 0 Å². The van der Waals surface area contributed by atoms with Crippen LogP contribution in [0, 0.1) is 23.7 Å². The summed E-state index contributed by atoms with van der Waals surface area (Å²) >= 11 is 0. The van der Waals surface area contributed by atoms with Crippen molar-refractivity contribution in [1.82, 2.24) is 9.62 Å². The Kier molecular flexibility index (Phi) is 5.89. The highest BCUT2D eigenvalue weighted by Gasteiger charge is 2.59. The Morgan fingerprint density at radius 1 is 1.31 bits per heavy atom. The number of fused-ring (bicyclic) bond motifs is 2. The number of nitrogens with one attached hydrogen (secondary N) is 1. The van der Waals surface area contributed by atoms with Gasteiger partial charge in [-0.25, -0.2) is 8.42 Å². The van der Waals surface area contributed by atoms with Gasteiger partial charge in [0.2, 0.25) is 10.0 Å². The van der Waals surface area contributed by atoms with Crippen LogP contribution in [0.3, 0.4) is 0 Å². The number of hydrogen-bond acceptors (Lipinski definition) is 4. The third kappa shape index (κ3) is 3.84. The van der Waals surface area contributed by atoms with Crippen molar-refractivity contribution in [2.75, 3.05) is 27.3 Å². The molecule has 1 N–H and O–H groups in total. The summed E-state index contributed by atoms with van der Waals surface area (Å²) in [5.41, 5.74) is 1.17. The molecule has 7 heteroatoms. The van der Waals surface area contributed by atoms with Crippen molar-refractivity contribution in [2.24, 2.45) is 16.7 Å². The molecule has 1 aromatic carbocycles. The lowest BCUT2D eigenvalue weighted by Gasteiger charge is -2.43. The Labute approximate surface area is 175 Å². The van der Waals surface area contributed by atoms with E-state index in [1.165, 1.54) is 30.9 Å². The van der Waals surface area contributed by atoms with Crippen molar-refractivity contribution in [3.63, 3.8) is 0 Å². The number of carbonyl (C=O) groups excluding carboxylic acids is 1. The first-order valence-electron chi connectivity index (χ1n) is 10.3. The predicted molar refractivity (Wildman–Crippen MR) is 113 cm³/mol. The van der Waals surface area contributed by atoms with Crippen molar-refractivity contribution >= 4 is 15.9 Å². The molecule has 6 nitrogen and oxygen atoms in total. The SMILES string of the molecule is COCCN(C)S(=O)(=O)c1cc(C(=O)NC2C(C)(C)[C@@H]3CC[C@@]2(C)C3)ccc1C. The molecule has 0 radical (unpaired) electrons. The first-order chi connectivity index (χ1) is 13.4. The molecule has 0 saturated heterocycles. The number of likely N-dealkylation sites (N-methyl/N-ethyl adjacent to an activating group) is 1. The molecule has 1 unspecified atom stereocenters. The van der Waals surface area contributed by atoms with Gasteiger partial charge in [-0.15, -0.1) is 0 Å². The third-order valence-electron chi connectivity index (χ3n) is 7.29. The Balaban J connectivity index is 1.85. The summed E-state index contributed by atoms with van der Waals surface area (Å²) in [6, 6.07) is 5.01. The van der Waals surface area contributed by atoms with E-state index in [9.17, 15) is 13.2 Å². The summed E-state index contributed by atoms with van der Waals surface area (Å²) in [6.07, 6.45) is 3.49. The van der Waals surface area contributed by atoms with E-state index in [-0.39, 0.29) is 34.2 Å². The van der Waals surface area contributed by atoms with Gasteiger partial charge in [0, 0.05) is 32.3 Å². The number of methoxy groups -OCH3 is 1. The summed E-state index contributed by atoms with van der Waals surface area (Å²) < 4.78 is 32.2. The highest BCUT2D eigenvalue weighted by Crippen LogP contribution is 2.62. The van der Waals surface area contributed by atoms with Crippen LogP contribution >= 0.6 is 0 Å². The second kappa shape index (κ2) is 7.67. The Bertz CT molecular complexity index is 891. The molecule has 29 heavy (non-hydrogen) atoms. The van der Waals surface area contributed by atoms with Crippen LogP contribution in [0.5, 0.6) is 0 Å². The van der Waals surface area contributed by atoms with Crippen LogP contribution < -0.4 is 5.32 Å². The van der Waals surface area contributed by atoms with Crippen molar-refractivity contribution in [3.05, 3.63) is 29.3 Å². The average molecular weight is 423 g/mol. The number of aryl methyl sites for hydroxylation is 1. The summed E-state index contributed by atoms with van der Waals surface area (Å²) in [5.74, 6) is 0.425. The fourth-order valence-electron chi connectivity index (χ4n) is 5.40. The van der Waals surface area contributed by atoms with Gasteiger partial charge in [-0.1, -0.05) is 26.8 Å². The number of hydrogen-bond donors (Lipinski definition) is 1. The van der Waals surface area contributed by atoms with Crippen molar-refractivity contribution in [1.29, 1.82) is 0 Å². The second-order valence-electron chi connectivity index (χ2n) is 9.62. The van der Waals surface area contributed by atoms with Crippen LogP contribution in [0.1, 0.15) is 56.0 Å². The minimum Gasteiger partial charge on any atom is -0.383 e. The number of nitrogens with zero attached hydrogens (tertiary/aromatic N) is 1. The van der Waals surface area contributed by atoms with Crippen LogP contribution in [0.2, 0.25) is 0 Å². The number of benzene rings is 1. The Hall–Kier alpha value is -1.44. The summed E-state index contributed by atoms with van der Waals surface area (Å²) in [5, 5.41) is 3.25. The number of rotatable bonds is 7. The van der Waals surface area contributed by atoms with Gasteiger partial charge in [-0.2, -0.15) is 4.31 Å². The maximum Gasteiger partial charge on any atom is 0.251 e. The molecule has 0 aromatic heterocycles. The molecule has 2 saturated carbocycles. The van der Waals surface area contributed by atoms with Gasteiger partial charge in [0.1, 0.15) is 0 Å². The van der Waals surface area contributed by atoms with Crippen LogP contribution in [-0.4, -0.2) is 52.0 Å². The van der Waals surface area contributed by atoms with Gasteiger partial charge in [0.25, 0.3) is 5.91 Å². The number of carbonyl (C=O) groups is 1. The van der Waals surface area contributed by atoms with E-state index in [4.69, 9.17) is 4.74 Å². The molecule has 2 aliphatic rings. The van der Waals surface area contributed by atoms with E-state index < -0.39 is 10.0 Å². The monoisotopic (exact) mass is 422 g/mol. The molecule has 0 aliphatic heterocycles. The van der Waals surface area contributed by atoms with Crippen molar-refractivity contribution in [3.8, 4) is 0 Å². The number of ether oxygens (including phenoxy) is 1. The third-order valence-corrected chi connectivity index (χ3v) is 9.29. The van der Waals surface area contributed by atoms with Crippen LogP contribution in [0.25, 0.3) is 0 Å². The minimum absolute atomic E-state index is 0.0443. The molecule has 2 bridgehead atoms. The highest BCUT2D eigenvalue weighted by atomic mass is 32.2. The lowest BCUT2D eigenvalue weighted by Crippen LogP contribution is -2.52. The van der Waals surface area contributed by atoms with E-state index in [1.807, 2.05) is 0 Å². The fraction of sp³-hybridized carbons (Fsp3) is 0.682. The maximum absolute atomic E-state index is 13.1. The quantitative estimate of drug-likeness (QED) is 0.732. The maximum atomic E-state index is 13.1. The van der Waals surface area contributed by atoms with E-state index in [2.05, 4.69) is 26.1 Å². The van der Waals surface area contributed by atoms with E-state index in [0.29, 0.717) is 23.7 Å². The first-order valence-corrected chi connectivity index (χ1v) is 11.7. The molecular formula is C22H34N2O4S. The molecule has 0 spiro atoms. The van der Waals surface area contributed by atoms with Gasteiger partial charge in [-0.3, -0.25) is 4.79 Å². The van der Waals surface area contributed by atoms with E-state index >= 15 is 0 Å². The van der Waals surface area contributed by atoms with Crippen molar-refractivity contribution in [2.45, 2.75) is 57.9 Å². The van der Waals surface area contributed by atoms with Gasteiger partial charge in [-0.05, 0) is 60.6 Å². The fourth-order valence-corrected chi connectivity index (χ4v) is 6.81. The largest absolute Gasteiger partial charge is 0.383 e. The van der Waals surface area contributed by atoms with Gasteiger partial charge < -0.3 is 10.1 Å². The molecule has 162 valence electrons. The lowest BCUT2D eigenvalue weighted by atomic mass is 9.68. The zero-order chi connectivity index (χ0) is 21.6. The summed E-state index contributed by atoms with van der Waals surface area (Å²) in [6.45, 7) is 9.06. The molecule has 1 amide bonds. The smallest absolute Gasteiger partial charge is 0.251 e. The number of amides is 1. The highest BCUT2D eigenvalue weighted by molar-refractivity contribution is 7.89. The van der Waals surface area contributed by atoms with Gasteiger partial charge in [0.15, 0.2) is 0 Å². The molecule has 2 aliphatic carbocycles.